The average Bonchev–Trinajstić information content (AvgIpc) is 0.792. The molecule has 17 atom stereocenters. The van der Waals surface area contributed by atoms with Crippen molar-refractivity contribution in [2.45, 2.75) is 388 Å². The van der Waals surface area contributed by atoms with Gasteiger partial charge in [0.1, 0.15) is 73.2 Å². The molecule has 97 heavy (non-hydrogen) atoms. The van der Waals surface area contributed by atoms with Crippen LogP contribution in [0.4, 0.5) is 0 Å². The first kappa shape index (κ1) is 88.4. The number of unbranched alkanes of at least 4 members (excludes halogenated alkanes) is 34. The number of amides is 1. The number of allylic oxidation sites excluding steroid dienone is 11. The summed E-state index contributed by atoms with van der Waals surface area (Å²) in [4.78, 5) is 13.4. The lowest BCUT2D eigenvalue weighted by Gasteiger charge is -2.48. The number of rotatable bonds is 60. The summed E-state index contributed by atoms with van der Waals surface area (Å²) >= 11 is 0. The summed E-state index contributed by atoms with van der Waals surface area (Å²) < 4.78 is 34.4. The van der Waals surface area contributed by atoms with Gasteiger partial charge in [-0.2, -0.15) is 0 Å². The summed E-state index contributed by atoms with van der Waals surface area (Å²) in [6, 6.07) is -0.998. The van der Waals surface area contributed by atoms with Crippen LogP contribution in [0, 0.1) is 0 Å². The van der Waals surface area contributed by atoms with Crippen LogP contribution in [0.15, 0.2) is 72.9 Å². The van der Waals surface area contributed by atoms with Crippen molar-refractivity contribution in [2.24, 2.45) is 0 Å². The first-order chi connectivity index (χ1) is 47.3. The Bertz CT molecular complexity index is 2040. The highest BCUT2D eigenvalue weighted by atomic mass is 16.8. The van der Waals surface area contributed by atoms with Crippen molar-refractivity contribution in [3.63, 3.8) is 0 Å². The summed E-state index contributed by atoms with van der Waals surface area (Å²) in [6.07, 6.45) is 49.0. The number of aliphatic hydroxyl groups is 11. The third-order valence-electron chi connectivity index (χ3n) is 19.0. The third-order valence-corrected chi connectivity index (χ3v) is 19.0. The SMILES string of the molecule is CCCCCCC/C=C\C/C=C\C/C=C\CCCCCCCCCCCCCCCCCCCCCCC(=O)NC(COC1OC(CO)C(OC2OC(CO)C(OC3OC(CO)C(O)C(O)C3O)C(O)C2O)C(O)C1O)C(O)/C=C/CC/C=C/CC/C=C/CCCCCCCCC. The van der Waals surface area contributed by atoms with Gasteiger partial charge in [0.25, 0.3) is 0 Å². The Morgan fingerprint density at radius 2 is 0.691 bits per heavy atom. The van der Waals surface area contributed by atoms with Crippen molar-refractivity contribution >= 4 is 5.91 Å². The molecule has 0 aromatic carbocycles. The molecule has 3 fully saturated rings. The molecular formula is C78H139NO18. The monoisotopic (exact) mass is 1380 g/mol. The van der Waals surface area contributed by atoms with E-state index in [4.69, 9.17) is 28.4 Å². The predicted octanol–water partition coefficient (Wildman–Crippen LogP) is 12.1. The Labute approximate surface area is 585 Å². The molecule has 0 radical (unpaired) electrons. The van der Waals surface area contributed by atoms with Crippen LogP contribution in [-0.2, 0) is 33.2 Å². The normalized spacial score (nSPS) is 27.3. The van der Waals surface area contributed by atoms with Crippen LogP contribution in [-0.4, -0.2) is 193 Å². The van der Waals surface area contributed by atoms with Gasteiger partial charge in [-0.15, -0.1) is 0 Å². The molecule has 3 heterocycles. The van der Waals surface area contributed by atoms with Gasteiger partial charge >= 0.3 is 0 Å². The van der Waals surface area contributed by atoms with Gasteiger partial charge in [-0.05, 0) is 83.5 Å². The van der Waals surface area contributed by atoms with E-state index in [9.17, 15) is 61.0 Å². The first-order valence-corrected chi connectivity index (χ1v) is 38.7. The van der Waals surface area contributed by atoms with E-state index in [0.29, 0.717) is 12.8 Å². The molecule has 19 nitrogen and oxygen atoms in total. The van der Waals surface area contributed by atoms with Crippen molar-refractivity contribution in [3.05, 3.63) is 72.9 Å². The lowest BCUT2D eigenvalue weighted by Crippen LogP contribution is -2.66. The smallest absolute Gasteiger partial charge is 0.220 e. The van der Waals surface area contributed by atoms with Crippen LogP contribution < -0.4 is 5.32 Å². The van der Waals surface area contributed by atoms with Gasteiger partial charge in [0.05, 0.1) is 38.6 Å². The largest absolute Gasteiger partial charge is 0.394 e. The first-order valence-electron chi connectivity index (χ1n) is 38.7. The number of aliphatic hydroxyl groups excluding tert-OH is 11. The van der Waals surface area contributed by atoms with Crippen LogP contribution >= 0.6 is 0 Å². The molecule has 3 aliphatic rings. The maximum absolute atomic E-state index is 13.4. The highest BCUT2D eigenvalue weighted by Gasteiger charge is 2.53. The van der Waals surface area contributed by atoms with Crippen LogP contribution in [0.1, 0.15) is 284 Å². The number of hydrogen-bond acceptors (Lipinski definition) is 18. The van der Waals surface area contributed by atoms with E-state index in [1.165, 1.54) is 193 Å². The molecule has 17 unspecified atom stereocenters. The Kier molecular flexibility index (Phi) is 53.5. The number of carbonyl (C=O) groups is 1. The standard InChI is InChI=1S/C78H139NO18/c1-3-5-7-9-11-13-15-17-19-21-22-23-24-25-26-27-28-29-30-31-32-33-34-35-36-37-38-40-42-44-46-48-50-52-54-56-66(84)79-61(62(83)55-53-51-49-47-45-43-41-39-20-18-16-14-12-10-8-6-4-2)60-92-76-72(90)69(87)74(64(58-81)94-76)97-78-73(91)70(88)75(65(59-82)95-78)96-77-71(89)68(86)67(85)63(57-80)93-77/h15,17,20-22,24-25,39,45,47,53,55,61-65,67-78,80-83,85-91H,3-14,16,18-19,23,26-38,40-44,46,48-52,54,56-60H2,1-2H3,(H,79,84)/b17-15-,22-21-,25-24-,39-20+,47-45+,55-53+. The Hall–Kier alpha value is -2.77. The number of ether oxygens (including phenoxy) is 6. The number of carbonyl (C=O) groups excluding carboxylic acids is 1. The van der Waals surface area contributed by atoms with E-state index in [2.05, 4.69) is 79.9 Å². The fourth-order valence-corrected chi connectivity index (χ4v) is 12.7. The zero-order valence-corrected chi connectivity index (χ0v) is 60.0. The van der Waals surface area contributed by atoms with Gasteiger partial charge in [-0.25, -0.2) is 0 Å². The molecule has 3 rings (SSSR count). The molecule has 0 saturated carbocycles. The lowest BCUT2D eigenvalue weighted by atomic mass is 9.96. The van der Waals surface area contributed by atoms with Gasteiger partial charge in [0.2, 0.25) is 5.91 Å². The maximum Gasteiger partial charge on any atom is 0.220 e. The van der Waals surface area contributed by atoms with Crippen LogP contribution in [0.5, 0.6) is 0 Å². The zero-order valence-electron chi connectivity index (χ0n) is 60.0. The van der Waals surface area contributed by atoms with E-state index in [1.54, 1.807) is 6.08 Å². The summed E-state index contributed by atoms with van der Waals surface area (Å²) in [5.41, 5.74) is 0. The van der Waals surface area contributed by atoms with Crippen LogP contribution in [0.25, 0.3) is 0 Å². The lowest BCUT2D eigenvalue weighted by molar-refractivity contribution is -0.379. The van der Waals surface area contributed by atoms with Crippen molar-refractivity contribution in [3.8, 4) is 0 Å². The molecule has 564 valence electrons. The maximum atomic E-state index is 13.4. The van der Waals surface area contributed by atoms with Gasteiger partial charge < -0.3 is 89.9 Å². The van der Waals surface area contributed by atoms with Crippen molar-refractivity contribution in [1.29, 1.82) is 0 Å². The summed E-state index contributed by atoms with van der Waals surface area (Å²) in [6.45, 7) is 1.70. The van der Waals surface area contributed by atoms with E-state index in [1.807, 2.05) is 6.08 Å². The minimum absolute atomic E-state index is 0.232. The molecule has 3 aliphatic heterocycles. The number of hydrogen-bond donors (Lipinski definition) is 12. The van der Waals surface area contributed by atoms with E-state index >= 15 is 0 Å². The van der Waals surface area contributed by atoms with Crippen LogP contribution in [0.2, 0.25) is 0 Å². The highest BCUT2D eigenvalue weighted by molar-refractivity contribution is 5.76. The minimum Gasteiger partial charge on any atom is -0.394 e. The molecule has 1 amide bonds. The Balaban J connectivity index is 1.35. The third kappa shape index (κ3) is 39.5. The summed E-state index contributed by atoms with van der Waals surface area (Å²) in [5, 5.41) is 121. The average molecular weight is 1380 g/mol. The molecule has 0 spiro atoms. The fourth-order valence-electron chi connectivity index (χ4n) is 12.7. The Morgan fingerprint density at radius 1 is 0.371 bits per heavy atom. The summed E-state index contributed by atoms with van der Waals surface area (Å²) in [7, 11) is 0. The van der Waals surface area contributed by atoms with E-state index in [0.717, 1.165) is 57.8 Å². The molecule has 0 aromatic heterocycles. The molecule has 0 bridgehead atoms. The van der Waals surface area contributed by atoms with Gasteiger partial charge in [0, 0.05) is 6.42 Å². The molecule has 12 N–H and O–H groups in total. The summed E-state index contributed by atoms with van der Waals surface area (Å²) in [5.74, 6) is -0.288. The predicted molar refractivity (Wildman–Crippen MR) is 383 cm³/mol. The Morgan fingerprint density at radius 3 is 1.10 bits per heavy atom. The van der Waals surface area contributed by atoms with Gasteiger partial charge in [-0.1, -0.05) is 267 Å². The number of nitrogens with one attached hydrogen (secondary N) is 1. The van der Waals surface area contributed by atoms with E-state index in [-0.39, 0.29) is 18.9 Å². The quantitative estimate of drug-likeness (QED) is 0.0199. The van der Waals surface area contributed by atoms with Crippen molar-refractivity contribution < 1.29 is 89.4 Å². The van der Waals surface area contributed by atoms with Gasteiger partial charge in [-0.3, -0.25) is 4.79 Å². The molecule has 3 saturated heterocycles. The second kappa shape index (κ2) is 58.7. The molecule has 19 heteroatoms. The second-order valence-electron chi connectivity index (χ2n) is 27.4. The molecule has 0 aromatic rings. The minimum atomic E-state index is -1.98. The van der Waals surface area contributed by atoms with Crippen molar-refractivity contribution in [1.82, 2.24) is 5.32 Å². The fraction of sp³-hybridized carbons (Fsp3) is 0.833. The molecular weight excluding hydrogens is 1240 g/mol. The van der Waals surface area contributed by atoms with Crippen molar-refractivity contribution in [2.75, 3.05) is 26.4 Å². The zero-order chi connectivity index (χ0) is 70.4. The topological polar surface area (TPSA) is 307 Å². The highest BCUT2D eigenvalue weighted by Crippen LogP contribution is 2.33. The van der Waals surface area contributed by atoms with Gasteiger partial charge in [0.15, 0.2) is 18.9 Å². The van der Waals surface area contributed by atoms with Crippen LogP contribution in [0.3, 0.4) is 0 Å². The second-order valence-corrected chi connectivity index (χ2v) is 27.4. The molecule has 0 aliphatic carbocycles. The van der Waals surface area contributed by atoms with E-state index < -0.39 is 124 Å².